The van der Waals surface area contributed by atoms with Crippen LogP contribution in [0.3, 0.4) is 0 Å². The molecule has 12 heavy (non-hydrogen) atoms. The molecule has 1 aliphatic rings. The maximum atomic E-state index is 11.1. The summed E-state index contributed by atoms with van der Waals surface area (Å²) >= 11 is 0. The van der Waals surface area contributed by atoms with Gasteiger partial charge in [0.2, 0.25) is 10.0 Å². The van der Waals surface area contributed by atoms with Crippen molar-refractivity contribution in [3.63, 3.8) is 0 Å². The molecule has 1 fully saturated rings. The molecule has 0 aromatic rings. The molecule has 1 amide bonds. The lowest BCUT2D eigenvalue weighted by Gasteiger charge is -2.13. The molecule has 70 valence electrons. The van der Waals surface area contributed by atoms with Crippen molar-refractivity contribution in [2.24, 2.45) is 0 Å². The van der Waals surface area contributed by atoms with Crippen LogP contribution in [-0.2, 0) is 14.8 Å². The zero-order chi connectivity index (χ0) is 9.19. The van der Waals surface area contributed by atoms with Crippen LogP contribution >= 0.6 is 0 Å². The first kappa shape index (κ1) is 9.31. The molecule has 0 aromatic heterocycles. The fourth-order valence-electron chi connectivity index (χ4n) is 1.04. The number of sulfonamides is 1. The predicted molar refractivity (Wildman–Crippen MR) is 42.1 cm³/mol. The predicted octanol–water partition coefficient (Wildman–Crippen LogP) is 0.178. The van der Waals surface area contributed by atoms with E-state index in [1.807, 2.05) is 0 Å². The lowest BCUT2D eigenvalue weighted by atomic mass is 10.5. The lowest BCUT2D eigenvalue weighted by molar-refractivity contribution is 0.133. The van der Waals surface area contributed by atoms with Crippen molar-refractivity contribution < 1.29 is 17.9 Å². The standard InChI is InChI=1S/C6H11NO4S/c1-2-11-6(8)7-4-3-5-12(7,9)10/h2-5H2,1H3. The maximum absolute atomic E-state index is 11.1. The number of rotatable bonds is 1. The van der Waals surface area contributed by atoms with Gasteiger partial charge >= 0.3 is 6.09 Å². The van der Waals surface area contributed by atoms with Crippen molar-refractivity contribution in [3.05, 3.63) is 0 Å². The highest BCUT2D eigenvalue weighted by Crippen LogP contribution is 2.14. The number of nitrogens with zero attached hydrogens (tertiary/aromatic N) is 1. The molecule has 1 saturated heterocycles. The molecule has 1 aliphatic heterocycles. The zero-order valence-corrected chi connectivity index (χ0v) is 7.63. The number of carbonyl (C=O) groups is 1. The van der Waals surface area contributed by atoms with Crippen LogP contribution in [-0.4, -0.2) is 37.7 Å². The van der Waals surface area contributed by atoms with Gasteiger partial charge < -0.3 is 4.74 Å². The molecule has 0 aromatic carbocycles. The van der Waals surface area contributed by atoms with E-state index >= 15 is 0 Å². The van der Waals surface area contributed by atoms with Gasteiger partial charge in [-0.25, -0.2) is 17.5 Å². The Morgan fingerprint density at radius 3 is 2.67 bits per heavy atom. The molecule has 0 N–H and O–H groups in total. The van der Waals surface area contributed by atoms with Crippen LogP contribution in [0.15, 0.2) is 0 Å². The average molecular weight is 193 g/mol. The van der Waals surface area contributed by atoms with E-state index in [-0.39, 0.29) is 18.9 Å². The molecular weight excluding hydrogens is 182 g/mol. The summed E-state index contributed by atoms with van der Waals surface area (Å²) in [5, 5.41) is 0. The van der Waals surface area contributed by atoms with Gasteiger partial charge in [0.15, 0.2) is 0 Å². The van der Waals surface area contributed by atoms with Gasteiger partial charge in [0.1, 0.15) is 0 Å². The minimum absolute atomic E-state index is 0.0474. The second kappa shape index (κ2) is 3.30. The van der Waals surface area contributed by atoms with E-state index in [1.54, 1.807) is 6.92 Å². The Kier molecular flexibility index (Phi) is 2.56. The molecule has 0 spiro atoms. The van der Waals surface area contributed by atoms with Crippen molar-refractivity contribution in [1.29, 1.82) is 0 Å². The van der Waals surface area contributed by atoms with Gasteiger partial charge in [-0.1, -0.05) is 0 Å². The topological polar surface area (TPSA) is 63.7 Å². The summed E-state index contributed by atoms with van der Waals surface area (Å²) < 4.78 is 27.6. The number of amides is 1. The highest BCUT2D eigenvalue weighted by atomic mass is 32.2. The van der Waals surface area contributed by atoms with Gasteiger partial charge in [0, 0.05) is 6.54 Å². The monoisotopic (exact) mass is 193 g/mol. The third-order valence-corrected chi connectivity index (χ3v) is 3.38. The van der Waals surface area contributed by atoms with Crippen LogP contribution in [0.25, 0.3) is 0 Å². The van der Waals surface area contributed by atoms with Crippen molar-refractivity contribution in [3.8, 4) is 0 Å². The normalized spacial score (nSPS) is 20.9. The summed E-state index contributed by atoms with van der Waals surface area (Å²) in [5.41, 5.74) is 0. The van der Waals surface area contributed by atoms with Crippen LogP contribution < -0.4 is 0 Å². The van der Waals surface area contributed by atoms with Gasteiger partial charge in [-0.15, -0.1) is 0 Å². The number of ether oxygens (including phenoxy) is 1. The van der Waals surface area contributed by atoms with E-state index < -0.39 is 16.1 Å². The Labute approximate surface area is 71.4 Å². The van der Waals surface area contributed by atoms with Crippen LogP contribution in [0.1, 0.15) is 13.3 Å². The molecular formula is C6H11NO4S. The van der Waals surface area contributed by atoms with Gasteiger partial charge in [-0.05, 0) is 13.3 Å². The Morgan fingerprint density at radius 2 is 2.25 bits per heavy atom. The van der Waals surface area contributed by atoms with Crippen LogP contribution in [0, 0.1) is 0 Å². The summed E-state index contributed by atoms with van der Waals surface area (Å²) in [6, 6.07) is 0. The van der Waals surface area contributed by atoms with E-state index in [4.69, 9.17) is 0 Å². The first-order chi connectivity index (χ1) is 5.58. The molecule has 6 heteroatoms. The van der Waals surface area contributed by atoms with Gasteiger partial charge in [0.05, 0.1) is 12.4 Å². The second-order valence-corrected chi connectivity index (χ2v) is 4.45. The Bertz CT molecular complexity index is 271. The van der Waals surface area contributed by atoms with Crippen LogP contribution in [0.4, 0.5) is 4.79 Å². The minimum Gasteiger partial charge on any atom is -0.449 e. The minimum atomic E-state index is -3.35. The molecule has 0 unspecified atom stereocenters. The highest BCUT2D eigenvalue weighted by molar-refractivity contribution is 7.89. The summed E-state index contributed by atoms with van der Waals surface area (Å²) in [4.78, 5) is 11.0. The molecule has 0 aliphatic carbocycles. The van der Waals surface area contributed by atoms with Crippen molar-refractivity contribution >= 4 is 16.1 Å². The van der Waals surface area contributed by atoms with E-state index in [0.717, 1.165) is 4.31 Å². The van der Waals surface area contributed by atoms with E-state index in [1.165, 1.54) is 0 Å². The van der Waals surface area contributed by atoms with E-state index in [9.17, 15) is 13.2 Å². The third-order valence-electron chi connectivity index (χ3n) is 1.57. The molecule has 0 bridgehead atoms. The summed E-state index contributed by atoms with van der Waals surface area (Å²) in [7, 11) is -3.35. The highest BCUT2D eigenvalue weighted by Gasteiger charge is 2.33. The quantitative estimate of drug-likeness (QED) is 0.596. The van der Waals surface area contributed by atoms with Crippen LogP contribution in [0.2, 0.25) is 0 Å². The van der Waals surface area contributed by atoms with Crippen molar-refractivity contribution in [1.82, 2.24) is 4.31 Å². The number of hydrogen-bond donors (Lipinski definition) is 0. The Balaban J connectivity index is 2.69. The van der Waals surface area contributed by atoms with Crippen molar-refractivity contribution in [2.75, 3.05) is 18.9 Å². The fourth-order valence-corrected chi connectivity index (χ4v) is 2.44. The van der Waals surface area contributed by atoms with Gasteiger partial charge in [-0.2, -0.15) is 0 Å². The van der Waals surface area contributed by atoms with Gasteiger partial charge in [-0.3, -0.25) is 0 Å². The molecule has 0 atom stereocenters. The summed E-state index contributed by atoms with van der Waals surface area (Å²) in [6.45, 7) is 2.09. The first-order valence-electron chi connectivity index (χ1n) is 3.75. The number of carbonyl (C=O) groups excluding carboxylic acids is 1. The SMILES string of the molecule is CCOC(=O)N1CCCS1(=O)=O. The van der Waals surface area contributed by atoms with Crippen LogP contribution in [0.5, 0.6) is 0 Å². The first-order valence-corrected chi connectivity index (χ1v) is 5.36. The Hall–Kier alpha value is -0.780. The summed E-state index contributed by atoms with van der Waals surface area (Å²) in [5.74, 6) is 0.0474. The average Bonchev–Trinajstić information content (AvgIpc) is 2.30. The van der Waals surface area contributed by atoms with E-state index in [0.29, 0.717) is 6.42 Å². The van der Waals surface area contributed by atoms with Crippen molar-refractivity contribution in [2.45, 2.75) is 13.3 Å². The smallest absolute Gasteiger partial charge is 0.423 e. The second-order valence-electron chi connectivity index (χ2n) is 2.44. The Morgan fingerprint density at radius 1 is 1.58 bits per heavy atom. The molecule has 1 rings (SSSR count). The zero-order valence-electron chi connectivity index (χ0n) is 6.82. The van der Waals surface area contributed by atoms with E-state index in [2.05, 4.69) is 4.74 Å². The molecule has 0 radical (unpaired) electrons. The fraction of sp³-hybridized carbons (Fsp3) is 0.833. The maximum Gasteiger partial charge on any atom is 0.423 e. The lowest BCUT2D eigenvalue weighted by Crippen LogP contribution is -2.33. The molecule has 1 heterocycles. The largest absolute Gasteiger partial charge is 0.449 e. The van der Waals surface area contributed by atoms with Gasteiger partial charge in [0.25, 0.3) is 0 Å². The summed E-state index contributed by atoms with van der Waals surface area (Å²) in [6.07, 6.45) is -0.253. The number of hydrogen-bond acceptors (Lipinski definition) is 4. The molecule has 0 saturated carbocycles. The third kappa shape index (κ3) is 1.69. The molecule has 5 nitrogen and oxygen atoms in total.